The molecule has 0 aliphatic carbocycles. The molecule has 0 amide bonds. The molecule has 0 aliphatic heterocycles. The Bertz CT molecular complexity index is 1450. The summed E-state index contributed by atoms with van der Waals surface area (Å²) in [6.07, 6.45) is 25.7. The zero-order valence-electron chi connectivity index (χ0n) is 31.0. The molecule has 5 heteroatoms. The van der Waals surface area contributed by atoms with Gasteiger partial charge in [0, 0.05) is 17.7 Å². The molecule has 2 aromatic carbocycles. The van der Waals surface area contributed by atoms with E-state index in [1.165, 1.54) is 120 Å². The van der Waals surface area contributed by atoms with Crippen molar-refractivity contribution in [2.24, 2.45) is 0 Å². The first kappa shape index (κ1) is 38.2. The monoisotopic (exact) mass is 662 g/mol. The largest absolute Gasteiger partial charge is 0.370 e. The van der Waals surface area contributed by atoms with Crippen LogP contribution in [-0.4, -0.2) is 26.7 Å². The second kappa shape index (κ2) is 22.9. The highest BCUT2D eigenvalue weighted by Gasteiger charge is 2.16. The summed E-state index contributed by atoms with van der Waals surface area (Å²) in [5.41, 5.74) is 7.28. The van der Waals surface area contributed by atoms with E-state index in [2.05, 4.69) is 79.7 Å². The Labute approximate surface area is 298 Å². The van der Waals surface area contributed by atoms with E-state index in [1.807, 2.05) is 18.2 Å². The molecule has 0 unspecified atom stereocenters. The molecule has 0 aliphatic rings. The van der Waals surface area contributed by atoms with E-state index < -0.39 is 0 Å². The van der Waals surface area contributed by atoms with Gasteiger partial charge in [0.2, 0.25) is 5.82 Å². The molecule has 0 atom stereocenters. The first-order valence-electron chi connectivity index (χ1n) is 19.9. The summed E-state index contributed by atoms with van der Waals surface area (Å²) >= 11 is 0. The van der Waals surface area contributed by atoms with Crippen molar-refractivity contribution in [3.8, 4) is 34.0 Å². The molecule has 1 N–H and O–H groups in total. The average molecular weight is 662 g/mol. The average Bonchev–Trinajstić information content (AvgIpc) is 3.14. The number of aromatic nitrogens is 4. The summed E-state index contributed by atoms with van der Waals surface area (Å²) in [6, 6.07) is 23.9. The van der Waals surface area contributed by atoms with Crippen LogP contribution in [0.25, 0.3) is 34.0 Å². The van der Waals surface area contributed by atoms with Crippen molar-refractivity contribution in [2.45, 2.75) is 149 Å². The molecule has 5 nitrogen and oxygen atoms in total. The van der Waals surface area contributed by atoms with Crippen LogP contribution in [0.3, 0.4) is 0 Å². The summed E-state index contributed by atoms with van der Waals surface area (Å²) in [4.78, 5) is 10.0. The normalized spacial score (nSPS) is 11.2. The fourth-order valence-corrected chi connectivity index (χ4v) is 6.49. The van der Waals surface area contributed by atoms with E-state index in [9.17, 15) is 0 Å². The number of rotatable bonds is 25. The highest BCUT2D eigenvalue weighted by molar-refractivity contribution is 5.78. The van der Waals surface area contributed by atoms with Gasteiger partial charge in [-0.2, -0.15) is 0 Å². The lowest BCUT2D eigenvalue weighted by Crippen LogP contribution is -2.05. The molecular formula is C44H63N5. The number of hydrogen-bond acceptors (Lipinski definition) is 5. The van der Waals surface area contributed by atoms with Crippen LogP contribution < -0.4 is 5.32 Å². The third-order valence-electron chi connectivity index (χ3n) is 9.59. The van der Waals surface area contributed by atoms with Gasteiger partial charge in [0.15, 0.2) is 0 Å². The van der Waals surface area contributed by atoms with Crippen molar-refractivity contribution in [1.82, 2.24) is 20.2 Å². The first-order valence-corrected chi connectivity index (χ1v) is 19.9. The zero-order valence-corrected chi connectivity index (χ0v) is 31.0. The Kier molecular flexibility index (Phi) is 17.9. The van der Waals surface area contributed by atoms with Crippen molar-refractivity contribution in [3.63, 3.8) is 0 Å². The van der Waals surface area contributed by atoms with Crippen molar-refractivity contribution in [1.29, 1.82) is 0 Å². The molecule has 4 aromatic rings. The lowest BCUT2D eigenvalue weighted by Gasteiger charge is -2.12. The van der Waals surface area contributed by atoms with Crippen molar-refractivity contribution in [3.05, 3.63) is 77.9 Å². The molecule has 0 fully saturated rings. The number of anilines is 1. The molecule has 4 rings (SSSR count). The number of hydrogen-bond donors (Lipinski definition) is 1. The highest BCUT2D eigenvalue weighted by atomic mass is 15.2. The van der Waals surface area contributed by atoms with E-state index in [-0.39, 0.29) is 0 Å². The van der Waals surface area contributed by atoms with Gasteiger partial charge in [0.25, 0.3) is 0 Å². The minimum absolute atomic E-state index is 0.554. The second-order valence-electron chi connectivity index (χ2n) is 13.9. The van der Waals surface area contributed by atoms with Crippen molar-refractivity contribution >= 4 is 5.82 Å². The predicted octanol–water partition coefficient (Wildman–Crippen LogP) is 12.8. The summed E-state index contributed by atoms with van der Waals surface area (Å²) < 4.78 is 0. The van der Waals surface area contributed by atoms with Gasteiger partial charge in [-0.3, -0.25) is 0 Å². The maximum atomic E-state index is 5.15. The molecule has 0 saturated carbocycles. The maximum Gasteiger partial charge on any atom is 0.201 e. The maximum absolute atomic E-state index is 5.15. The number of nitrogens with zero attached hydrogens (tertiary/aromatic N) is 4. The lowest BCUT2D eigenvalue weighted by atomic mass is 9.99. The van der Waals surface area contributed by atoms with Crippen LogP contribution in [-0.2, 0) is 12.8 Å². The van der Waals surface area contributed by atoms with E-state index in [0.717, 1.165) is 59.8 Å². The Morgan fingerprint density at radius 2 is 0.939 bits per heavy atom. The second-order valence-corrected chi connectivity index (χ2v) is 13.9. The van der Waals surface area contributed by atoms with Gasteiger partial charge >= 0.3 is 0 Å². The summed E-state index contributed by atoms with van der Waals surface area (Å²) in [5, 5.41) is 13.0. The van der Waals surface area contributed by atoms with Gasteiger partial charge in [0.1, 0.15) is 22.9 Å². The quantitative estimate of drug-likeness (QED) is 0.0716. The van der Waals surface area contributed by atoms with Crippen LogP contribution in [0.15, 0.2) is 66.7 Å². The zero-order chi connectivity index (χ0) is 34.4. The number of aryl methyl sites for hydroxylation is 2. The number of unbranched alkanes of at least 4 members (excludes halogenated alkanes) is 15. The SMILES string of the molecule is CCCCCCCCNc1cccc(-c2nnc(-c3ccc(CCCCCCCC)cc3)c(-c3ccc(CCCCCCCC)cc3)n2)n1. The van der Waals surface area contributed by atoms with E-state index in [1.54, 1.807) is 0 Å². The van der Waals surface area contributed by atoms with Gasteiger partial charge < -0.3 is 5.32 Å². The third-order valence-corrected chi connectivity index (χ3v) is 9.59. The van der Waals surface area contributed by atoms with E-state index >= 15 is 0 Å². The van der Waals surface area contributed by atoms with E-state index in [0.29, 0.717) is 5.82 Å². The molecule has 0 radical (unpaired) electrons. The van der Waals surface area contributed by atoms with Crippen molar-refractivity contribution in [2.75, 3.05) is 11.9 Å². The Morgan fingerprint density at radius 1 is 0.449 bits per heavy atom. The third kappa shape index (κ3) is 13.7. The minimum atomic E-state index is 0.554. The van der Waals surface area contributed by atoms with Gasteiger partial charge in [-0.05, 0) is 55.4 Å². The van der Waals surface area contributed by atoms with Crippen LogP contribution in [0.4, 0.5) is 5.82 Å². The first-order chi connectivity index (χ1) is 24.2. The molecule has 0 saturated heterocycles. The molecule has 0 bridgehead atoms. The molecule has 2 aromatic heterocycles. The van der Waals surface area contributed by atoms with Crippen LogP contribution >= 0.6 is 0 Å². The van der Waals surface area contributed by atoms with Gasteiger partial charge in [0.05, 0.1) is 0 Å². The van der Waals surface area contributed by atoms with Crippen molar-refractivity contribution < 1.29 is 0 Å². The number of nitrogens with one attached hydrogen (secondary N) is 1. The molecule has 49 heavy (non-hydrogen) atoms. The molecular weight excluding hydrogens is 599 g/mol. The standard InChI is InChI=1S/C44H63N5/c1-4-7-10-13-16-19-23-36-27-31-38(32-28-36)42-43(39-33-29-37(30-34-39)24-20-17-14-11-8-5-2)48-49-44(47-42)40-25-22-26-41(46-40)45-35-21-18-15-12-9-6-3/h22,25-34H,4-21,23-24,35H2,1-3H3,(H,45,46). The summed E-state index contributed by atoms with van der Waals surface area (Å²) in [6.45, 7) is 7.74. The Balaban J connectivity index is 1.49. The fourth-order valence-electron chi connectivity index (χ4n) is 6.49. The summed E-state index contributed by atoms with van der Waals surface area (Å²) in [5.74, 6) is 1.41. The Hall–Kier alpha value is -3.60. The predicted molar refractivity (Wildman–Crippen MR) is 210 cm³/mol. The van der Waals surface area contributed by atoms with E-state index in [4.69, 9.17) is 15.1 Å². The molecule has 264 valence electrons. The van der Waals surface area contributed by atoms with Gasteiger partial charge in [-0.15, -0.1) is 10.2 Å². The molecule has 0 spiro atoms. The van der Waals surface area contributed by atoms with Crippen LogP contribution in [0.1, 0.15) is 147 Å². The topological polar surface area (TPSA) is 63.6 Å². The summed E-state index contributed by atoms with van der Waals surface area (Å²) in [7, 11) is 0. The smallest absolute Gasteiger partial charge is 0.201 e. The molecule has 2 heterocycles. The number of pyridine rings is 1. The Morgan fingerprint density at radius 3 is 1.49 bits per heavy atom. The highest BCUT2D eigenvalue weighted by Crippen LogP contribution is 2.31. The van der Waals surface area contributed by atoms with Gasteiger partial charge in [-0.1, -0.05) is 172 Å². The fraction of sp³-hybridized carbons (Fsp3) is 0.545. The number of benzene rings is 2. The minimum Gasteiger partial charge on any atom is -0.370 e. The lowest BCUT2D eigenvalue weighted by molar-refractivity contribution is 0.607. The van der Waals surface area contributed by atoms with Gasteiger partial charge in [-0.25, -0.2) is 9.97 Å². The van der Waals surface area contributed by atoms with Crippen LogP contribution in [0.5, 0.6) is 0 Å². The van der Waals surface area contributed by atoms with Crippen LogP contribution in [0, 0.1) is 0 Å². The van der Waals surface area contributed by atoms with Crippen LogP contribution in [0.2, 0.25) is 0 Å².